The van der Waals surface area contributed by atoms with E-state index < -0.39 is 0 Å². The number of thiocarbonyl (C=S) groups is 1. The molecule has 1 aliphatic heterocycles. The summed E-state index contributed by atoms with van der Waals surface area (Å²) in [4.78, 5) is 3.86. The Morgan fingerprint density at radius 2 is 2.12 bits per heavy atom. The third-order valence-corrected chi connectivity index (χ3v) is 5.56. The van der Waals surface area contributed by atoms with Gasteiger partial charge < -0.3 is 10.6 Å². The van der Waals surface area contributed by atoms with E-state index in [0.29, 0.717) is 22.4 Å². The summed E-state index contributed by atoms with van der Waals surface area (Å²) < 4.78 is 13.6. The highest BCUT2D eigenvalue weighted by Crippen LogP contribution is 2.27. The summed E-state index contributed by atoms with van der Waals surface area (Å²) in [6.07, 6.45) is 2.51. The predicted molar refractivity (Wildman–Crippen MR) is 103 cm³/mol. The fourth-order valence-electron chi connectivity index (χ4n) is 2.98. The fourth-order valence-corrected chi connectivity index (χ4v) is 4.04. The number of benzene rings is 1. The molecule has 0 radical (unpaired) electrons. The van der Waals surface area contributed by atoms with E-state index in [1.165, 1.54) is 23.8 Å². The first-order valence-corrected chi connectivity index (χ1v) is 9.51. The molecule has 128 valence electrons. The van der Waals surface area contributed by atoms with Gasteiger partial charge in [-0.25, -0.2) is 4.39 Å². The number of nitrogens with zero attached hydrogens (tertiary/aromatic N) is 1. The lowest BCUT2D eigenvalue weighted by atomic mass is 10.2. The highest BCUT2D eigenvalue weighted by atomic mass is 32.1. The Balaban J connectivity index is 1.59. The van der Waals surface area contributed by atoms with Gasteiger partial charge in [0.1, 0.15) is 5.82 Å². The maximum absolute atomic E-state index is 13.6. The van der Waals surface area contributed by atoms with Crippen molar-refractivity contribution in [3.8, 4) is 0 Å². The predicted octanol–water partition coefficient (Wildman–Crippen LogP) is 4.32. The van der Waals surface area contributed by atoms with Crippen molar-refractivity contribution in [2.75, 3.05) is 25.0 Å². The van der Waals surface area contributed by atoms with Crippen molar-refractivity contribution in [3.05, 3.63) is 52.0 Å². The molecule has 1 atom stereocenters. The highest BCUT2D eigenvalue weighted by Gasteiger charge is 2.24. The molecule has 1 aromatic heterocycles. The molecule has 3 rings (SSSR count). The monoisotopic (exact) mass is 363 g/mol. The van der Waals surface area contributed by atoms with Gasteiger partial charge in [0.2, 0.25) is 0 Å². The smallest absolute Gasteiger partial charge is 0.170 e. The summed E-state index contributed by atoms with van der Waals surface area (Å²) in [7, 11) is 0. The van der Waals surface area contributed by atoms with Crippen molar-refractivity contribution in [3.63, 3.8) is 0 Å². The third kappa shape index (κ3) is 4.32. The normalized spacial score (nSPS) is 16.1. The molecule has 1 fully saturated rings. The molecule has 24 heavy (non-hydrogen) atoms. The lowest BCUT2D eigenvalue weighted by Crippen LogP contribution is -2.38. The Morgan fingerprint density at radius 1 is 1.33 bits per heavy atom. The van der Waals surface area contributed by atoms with E-state index in [0.717, 1.165) is 19.6 Å². The van der Waals surface area contributed by atoms with Gasteiger partial charge in [-0.15, -0.1) is 11.3 Å². The number of thiophene rings is 1. The van der Waals surface area contributed by atoms with Crippen LogP contribution in [-0.2, 0) is 0 Å². The van der Waals surface area contributed by atoms with Crippen LogP contribution < -0.4 is 10.6 Å². The molecule has 0 unspecified atom stereocenters. The summed E-state index contributed by atoms with van der Waals surface area (Å²) in [5, 5.41) is 9.00. The van der Waals surface area contributed by atoms with E-state index in [1.54, 1.807) is 24.3 Å². The number of anilines is 1. The molecule has 0 amide bonds. The van der Waals surface area contributed by atoms with E-state index in [2.05, 4.69) is 33.0 Å². The van der Waals surface area contributed by atoms with Gasteiger partial charge in [0.25, 0.3) is 0 Å². The lowest BCUT2D eigenvalue weighted by molar-refractivity contribution is 0.249. The molecule has 1 aromatic carbocycles. The first kappa shape index (κ1) is 17.3. The Bertz CT molecular complexity index is 682. The largest absolute Gasteiger partial charge is 0.360 e. The molecule has 3 nitrogen and oxygen atoms in total. The maximum Gasteiger partial charge on any atom is 0.170 e. The quantitative estimate of drug-likeness (QED) is 0.774. The van der Waals surface area contributed by atoms with Gasteiger partial charge >= 0.3 is 0 Å². The summed E-state index contributed by atoms with van der Waals surface area (Å²) in [5.41, 5.74) is 1.30. The number of hydrogen-bond acceptors (Lipinski definition) is 3. The van der Waals surface area contributed by atoms with Crippen molar-refractivity contribution >= 4 is 34.4 Å². The second-order valence-corrected chi connectivity index (χ2v) is 7.46. The van der Waals surface area contributed by atoms with Crippen LogP contribution in [0.1, 0.15) is 29.3 Å². The fraction of sp³-hybridized carbons (Fsp3) is 0.389. The number of halogens is 1. The second kappa shape index (κ2) is 8.05. The van der Waals surface area contributed by atoms with Gasteiger partial charge in [0.15, 0.2) is 5.11 Å². The van der Waals surface area contributed by atoms with Gasteiger partial charge in [0, 0.05) is 17.1 Å². The van der Waals surface area contributed by atoms with Crippen molar-refractivity contribution in [2.24, 2.45) is 0 Å². The van der Waals surface area contributed by atoms with Crippen LogP contribution in [-0.4, -0.2) is 29.6 Å². The van der Waals surface area contributed by atoms with Crippen LogP contribution in [0, 0.1) is 12.7 Å². The summed E-state index contributed by atoms with van der Waals surface area (Å²) in [6.45, 7) is 4.76. The van der Waals surface area contributed by atoms with E-state index in [-0.39, 0.29) is 5.82 Å². The van der Waals surface area contributed by atoms with Crippen LogP contribution in [0.3, 0.4) is 0 Å². The molecule has 0 bridgehead atoms. The zero-order valence-electron chi connectivity index (χ0n) is 13.7. The molecule has 2 heterocycles. The first-order valence-electron chi connectivity index (χ1n) is 8.22. The SMILES string of the molecule is Cc1ccc(NC(=S)NC[C@@H](c2cccs2)N2CCCC2)cc1F. The number of rotatable bonds is 5. The van der Waals surface area contributed by atoms with Crippen molar-refractivity contribution in [2.45, 2.75) is 25.8 Å². The van der Waals surface area contributed by atoms with E-state index in [9.17, 15) is 4.39 Å². The molecule has 0 saturated carbocycles. The van der Waals surface area contributed by atoms with Gasteiger partial charge in [0.05, 0.1) is 6.04 Å². The first-order chi connectivity index (χ1) is 11.6. The molecule has 2 aromatic rings. The molecule has 1 aliphatic rings. The number of hydrogen-bond donors (Lipinski definition) is 2. The molecule has 1 saturated heterocycles. The van der Waals surface area contributed by atoms with Crippen molar-refractivity contribution in [1.29, 1.82) is 0 Å². The van der Waals surface area contributed by atoms with Crippen LogP contribution in [0.15, 0.2) is 35.7 Å². The van der Waals surface area contributed by atoms with E-state index >= 15 is 0 Å². The Kier molecular flexibility index (Phi) is 5.81. The summed E-state index contributed by atoms with van der Waals surface area (Å²) >= 11 is 7.16. The number of likely N-dealkylation sites (tertiary alicyclic amines) is 1. The average Bonchev–Trinajstić information content (AvgIpc) is 3.25. The molecule has 2 N–H and O–H groups in total. The third-order valence-electron chi connectivity index (χ3n) is 4.34. The zero-order chi connectivity index (χ0) is 16.9. The molecule has 0 aliphatic carbocycles. The van der Waals surface area contributed by atoms with Gasteiger partial charge in [-0.3, -0.25) is 4.90 Å². The standard InChI is InChI=1S/C18H22FN3S2/c1-13-6-7-14(11-15(13)19)21-18(23)20-12-16(17-5-4-10-24-17)22-8-2-3-9-22/h4-7,10-11,16H,2-3,8-9,12H2,1H3,(H2,20,21,23)/t16-/m0/s1. The molecule has 6 heteroatoms. The van der Waals surface area contributed by atoms with Crippen LogP contribution in [0.5, 0.6) is 0 Å². The molecular weight excluding hydrogens is 341 g/mol. The Morgan fingerprint density at radius 3 is 2.79 bits per heavy atom. The van der Waals surface area contributed by atoms with E-state index in [1.807, 2.05) is 6.07 Å². The van der Waals surface area contributed by atoms with Crippen LogP contribution in [0.25, 0.3) is 0 Å². The lowest BCUT2D eigenvalue weighted by Gasteiger charge is -2.27. The summed E-state index contributed by atoms with van der Waals surface area (Å²) in [5.74, 6) is -0.226. The Labute approximate surface area is 151 Å². The van der Waals surface area contributed by atoms with Gasteiger partial charge in [-0.2, -0.15) is 0 Å². The Hall–Kier alpha value is -1.50. The minimum Gasteiger partial charge on any atom is -0.360 e. The highest BCUT2D eigenvalue weighted by molar-refractivity contribution is 7.80. The zero-order valence-corrected chi connectivity index (χ0v) is 15.4. The van der Waals surface area contributed by atoms with E-state index in [4.69, 9.17) is 12.2 Å². The summed E-state index contributed by atoms with van der Waals surface area (Å²) in [6, 6.07) is 9.67. The van der Waals surface area contributed by atoms with Crippen molar-refractivity contribution in [1.82, 2.24) is 10.2 Å². The van der Waals surface area contributed by atoms with Crippen LogP contribution in [0.4, 0.5) is 10.1 Å². The van der Waals surface area contributed by atoms with Crippen molar-refractivity contribution < 1.29 is 4.39 Å². The van der Waals surface area contributed by atoms with Crippen LogP contribution in [0.2, 0.25) is 0 Å². The minimum atomic E-state index is -0.226. The number of aryl methyl sites for hydroxylation is 1. The van der Waals surface area contributed by atoms with Gasteiger partial charge in [-0.1, -0.05) is 12.1 Å². The number of nitrogens with one attached hydrogen (secondary N) is 2. The second-order valence-electron chi connectivity index (χ2n) is 6.07. The van der Waals surface area contributed by atoms with Crippen LogP contribution >= 0.6 is 23.6 Å². The maximum atomic E-state index is 13.6. The molecular formula is C18H22FN3S2. The average molecular weight is 364 g/mol. The molecule has 0 spiro atoms. The topological polar surface area (TPSA) is 27.3 Å². The van der Waals surface area contributed by atoms with Gasteiger partial charge in [-0.05, 0) is 74.2 Å². The minimum absolute atomic E-state index is 0.226.